The third-order valence-corrected chi connectivity index (χ3v) is 8.36. The lowest BCUT2D eigenvalue weighted by Gasteiger charge is -2.26. The van der Waals surface area contributed by atoms with Gasteiger partial charge in [-0.15, -0.1) is 11.8 Å². The quantitative estimate of drug-likeness (QED) is 0.338. The number of aromatic hydroxyl groups is 1. The summed E-state index contributed by atoms with van der Waals surface area (Å²) < 4.78 is 11.7. The van der Waals surface area contributed by atoms with Crippen LogP contribution in [0, 0.1) is 0 Å². The van der Waals surface area contributed by atoms with Gasteiger partial charge in [-0.2, -0.15) is 0 Å². The predicted octanol–water partition coefficient (Wildman–Crippen LogP) is 6.47. The fraction of sp³-hybridized carbons (Fsp3) is 0.367. The summed E-state index contributed by atoms with van der Waals surface area (Å²) in [4.78, 5) is 17.4. The number of phenols is 1. The Labute approximate surface area is 217 Å². The van der Waals surface area contributed by atoms with E-state index in [2.05, 4.69) is 4.90 Å². The first-order valence-corrected chi connectivity index (χ1v) is 13.7. The van der Waals surface area contributed by atoms with Crippen molar-refractivity contribution in [3.05, 3.63) is 83.4 Å². The summed E-state index contributed by atoms with van der Waals surface area (Å²) in [6.07, 6.45) is 3.88. The fourth-order valence-corrected chi connectivity index (χ4v) is 6.56. The molecule has 3 aromatic rings. The van der Waals surface area contributed by atoms with Crippen molar-refractivity contribution in [1.29, 1.82) is 0 Å². The first-order chi connectivity index (χ1) is 17.6. The van der Waals surface area contributed by atoms with Crippen molar-refractivity contribution in [1.82, 2.24) is 4.90 Å². The lowest BCUT2D eigenvalue weighted by atomic mass is 9.85. The van der Waals surface area contributed by atoms with E-state index in [0.29, 0.717) is 18.8 Å². The summed E-state index contributed by atoms with van der Waals surface area (Å²) in [5.41, 5.74) is 2.71. The van der Waals surface area contributed by atoms with E-state index in [0.717, 1.165) is 47.2 Å². The summed E-state index contributed by atoms with van der Waals surface area (Å²) in [6.45, 7) is 6.48. The van der Waals surface area contributed by atoms with Gasteiger partial charge in [-0.05, 0) is 92.5 Å². The number of Topliss-reactive ketones (excluding diaryl/α,β-unsaturated/α-hetero) is 1. The van der Waals surface area contributed by atoms with Crippen molar-refractivity contribution >= 4 is 17.5 Å². The van der Waals surface area contributed by atoms with Gasteiger partial charge in [0, 0.05) is 22.3 Å². The van der Waals surface area contributed by atoms with Crippen molar-refractivity contribution < 1.29 is 19.4 Å². The number of fused-ring (bicyclic) bond motifs is 1. The molecule has 2 heterocycles. The molecule has 0 amide bonds. The maximum absolute atomic E-state index is 13.9. The summed E-state index contributed by atoms with van der Waals surface area (Å²) in [5, 5.41) is 9.70. The van der Waals surface area contributed by atoms with Gasteiger partial charge in [0.05, 0.1) is 12.5 Å². The zero-order valence-corrected chi connectivity index (χ0v) is 21.5. The van der Waals surface area contributed by atoms with Crippen LogP contribution < -0.4 is 9.47 Å². The average Bonchev–Trinajstić information content (AvgIpc) is 3.29. The normalized spacial score (nSPS) is 19.6. The van der Waals surface area contributed by atoms with Crippen LogP contribution in [-0.4, -0.2) is 48.6 Å². The zero-order chi connectivity index (χ0) is 24.9. The largest absolute Gasteiger partial charge is 0.508 e. The van der Waals surface area contributed by atoms with Crippen molar-refractivity contribution in [2.45, 2.75) is 42.2 Å². The minimum Gasteiger partial charge on any atom is -0.508 e. The van der Waals surface area contributed by atoms with Crippen molar-refractivity contribution in [2.75, 3.05) is 32.8 Å². The highest BCUT2D eigenvalue weighted by Gasteiger charge is 2.39. The van der Waals surface area contributed by atoms with Gasteiger partial charge in [-0.1, -0.05) is 24.6 Å². The molecule has 2 unspecified atom stereocenters. The molecule has 0 radical (unpaired) electrons. The highest BCUT2D eigenvalue weighted by Crippen LogP contribution is 2.56. The number of carbonyl (C=O) groups excluding carboxylic acids is 1. The second-order valence-electron chi connectivity index (χ2n) is 9.38. The number of ketones is 1. The maximum Gasteiger partial charge on any atom is 0.171 e. The van der Waals surface area contributed by atoms with E-state index < -0.39 is 0 Å². The molecule has 36 heavy (non-hydrogen) atoms. The lowest BCUT2D eigenvalue weighted by molar-refractivity contribution is 0.0958. The fourth-order valence-electron chi connectivity index (χ4n) is 5.07. The van der Waals surface area contributed by atoms with Crippen molar-refractivity contribution in [3.8, 4) is 17.2 Å². The molecule has 0 saturated carbocycles. The van der Waals surface area contributed by atoms with Crippen LogP contribution in [0.5, 0.6) is 17.2 Å². The number of thioether (sulfide) groups is 1. The molecule has 0 aliphatic carbocycles. The molecule has 0 aromatic heterocycles. The summed E-state index contributed by atoms with van der Waals surface area (Å²) in [6, 6.07) is 20.7. The van der Waals surface area contributed by atoms with Gasteiger partial charge in [0.1, 0.15) is 23.9 Å². The molecule has 2 aliphatic rings. The molecule has 188 valence electrons. The Morgan fingerprint density at radius 3 is 2.39 bits per heavy atom. The van der Waals surface area contributed by atoms with Crippen LogP contribution in [0.25, 0.3) is 0 Å². The van der Waals surface area contributed by atoms with Gasteiger partial charge >= 0.3 is 0 Å². The van der Waals surface area contributed by atoms with E-state index in [-0.39, 0.29) is 22.7 Å². The molecule has 0 spiro atoms. The monoisotopic (exact) mass is 503 g/mol. The van der Waals surface area contributed by atoms with Crippen molar-refractivity contribution in [2.24, 2.45) is 0 Å². The molecule has 3 aromatic carbocycles. The van der Waals surface area contributed by atoms with Gasteiger partial charge in [0.25, 0.3) is 0 Å². The molecule has 1 fully saturated rings. The standard InChI is InChI=1S/C30H33NO4S/c1-2-34-25-14-15-26-27(20-25)36-30(22-6-10-23(32)11-7-22)28(26)29(33)21-8-12-24(13-9-21)35-19-18-31-16-4-3-5-17-31/h6-15,20,28,30,32H,2-5,16-19H2,1H3. The van der Waals surface area contributed by atoms with Crippen LogP contribution in [0.15, 0.2) is 71.6 Å². The average molecular weight is 504 g/mol. The number of hydrogen-bond acceptors (Lipinski definition) is 6. The second-order valence-corrected chi connectivity index (χ2v) is 10.6. The molecule has 2 aliphatic heterocycles. The van der Waals surface area contributed by atoms with E-state index in [9.17, 15) is 9.90 Å². The number of likely N-dealkylation sites (tertiary alicyclic amines) is 1. The predicted molar refractivity (Wildman–Crippen MR) is 144 cm³/mol. The molecule has 5 rings (SSSR count). The molecule has 6 heteroatoms. The Balaban J connectivity index is 1.33. The van der Waals surface area contributed by atoms with E-state index in [1.165, 1.54) is 19.3 Å². The number of nitrogens with zero attached hydrogens (tertiary/aromatic N) is 1. The van der Waals surface area contributed by atoms with E-state index >= 15 is 0 Å². The van der Waals surface area contributed by atoms with E-state index in [1.54, 1.807) is 23.9 Å². The van der Waals surface area contributed by atoms with Crippen LogP contribution in [0.4, 0.5) is 0 Å². The van der Waals surface area contributed by atoms with Crippen LogP contribution >= 0.6 is 11.8 Å². The Morgan fingerprint density at radius 1 is 0.944 bits per heavy atom. The SMILES string of the molecule is CCOc1ccc2c(c1)SC(c1ccc(O)cc1)C2C(=O)c1ccc(OCCN2CCCCC2)cc1. The maximum atomic E-state index is 13.9. The number of rotatable bonds is 9. The number of ether oxygens (including phenoxy) is 2. The van der Waals surface area contributed by atoms with Gasteiger partial charge in [-0.3, -0.25) is 9.69 Å². The Kier molecular flexibility index (Phi) is 7.83. The number of piperidine rings is 1. The van der Waals surface area contributed by atoms with Gasteiger partial charge in [0.2, 0.25) is 0 Å². The third kappa shape index (κ3) is 5.55. The van der Waals surface area contributed by atoms with Gasteiger partial charge in [0.15, 0.2) is 5.78 Å². The lowest BCUT2D eigenvalue weighted by Crippen LogP contribution is -2.33. The smallest absolute Gasteiger partial charge is 0.171 e. The summed E-state index contributed by atoms with van der Waals surface area (Å²) in [5.74, 6) is 1.59. The first kappa shape index (κ1) is 24.7. The van der Waals surface area contributed by atoms with Crippen LogP contribution in [0.1, 0.15) is 58.8 Å². The van der Waals surface area contributed by atoms with Crippen molar-refractivity contribution in [3.63, 3.8) is 0 Å². The Bertz CT molecular complexity index is 1170. The van der Waals surface area contributed by atoms with E-state index in [4.69, 9.17) is 9.47 Å². The number of phenolic OH excluding ortho intramolecular Hbond substituents is 1. The van der Waals surface area contributed by atoms with Gasteiger partial charge < -0.3 is 14.6 Å². The van der Waals surface area contributed by atoms with Gasteiger partial charge in [-0.25, -0.2) is 0 Å². The first-order valence-electron chi connectivity index (χ1n) is 12.8. The number of hydrogen-bond donors (Lipinski definition) is 1. The van der Waals surface area contributed by atoms with Crippen LogP contribution in [-0.2, 0) is 0 Å². The third-order valence-electron chi connectivity index (χ3n) is 6.96. The highest BCUT2D eigenvalue weighted by atomic mass is 32.2. The number of benzene rings is 3. The second kappa shape index (κ2) is 11.4. The summed E-state index contributed by atoms with van der Waals surface area (Å²) in [7, 11) is 0. The summed E-state index contributed by atoms with van der Waals surface area (Å²) >= 11 is 1.68. The zero-order valence-electron chi connectivity index (χ0n) is 20.7. The molecule has 0 bridgehead atoms. The molecule has 2 atom stereocenters. The van der Waals surface area contributed by atoms with Crippen LogP contribution in [0.2, 0.25) is 0 Å². The Hall–Kier alpha value is -2.96. The molecule has 1 N–H and O–H groups in total. The highest BCUT2D eigenvalue weighted by molar-refractivity contribution is 8.00. The topological polar surface area (TPSA) is 59.0 Å². The van der Waals surface area contributed by atoms with Crippen LogP contribution in [0.3, 0.4) is 0 Å². The molecule has 5 nitrogen and oxygen atoms in total. The van der Waals surface area contributed by atoms with E-state index in [1.807, 2.05) is 61.5 Å². The molecule has 1 saturated heterocycles. The Morgan fingerprint density at radius 2 is 1.67 bits per heavy atom. The number of carbonyl (C=O) groups is 1. The molecular formula is C30H33NO4S. The minimum absolute atomic E-state index is 0.0783. The molecular weight excluding hydrogens is 470 g/mol. The minimum atomic E-state index is -0.323.